The second-order valence-corrected chi connectivity index (χ2v) is 7.73. The Labute approximate surface area is 164 Å². The third kappa shape index (κ3) is 5.33. The van der Waals surface area contributed by atoms with Crippen LogP contribution in [0.25, 0.3) is 0 Å². The maximum atomic E-state index is 12.9. The van der Waals surface area contributed by atoms with Crippen molar-refractivity contribution >= 4 is 17.3 Å². The van der Waals surface area contributed by atoms with E-state index in [2.05, 4.69) is 74.3 Å². The van der Waals surface area contributed by atoms with Crippen LogP contribution in [-0.4, -0.2) is 32.6 Å². The van der Waals surface area contributed by atoms with Crippen LogP contribution in [0, 0.1) is 20.8 Å². The van der Waals surface area contributed by atoms with E-state index >= 15 is 0 Å². The van der Waals surface area contributed by atoms with Crippen LogP contribution in [0.2, 0.25) is 0 Å². The Morgan fingerprint density at radius 3 is 2.11 bits per heavy atom. The first-order valence-corrected chi connectivity index (χ1v) is 9.72. The van der Waals surface area contributed by atoms with Gasteiger partial charge in [-0.15, -0.1) is 0 Å². The van der Waals surface area contributed by atoms with Gasteiger partial charge in [0.05, 0.1) is 6.54 Å². The fourth-order valence-electron chi connectivity index (χ4n) is 3.55. The zero-order valence-corrected chi connectivity index (χ0v) is 17.8. The largest absolute Gasteiger partial charge is 0.378 e. The molecular formula is C23H34N3O+. The molecule has 146 valence electrons. The third-order valence-electron chi connectivity index (χ3n) is 5.27. The van der Waals surface area contributed by atoms with E-state index in [-0.39, 0.29) is 11.9 Å². The van der Waals surface area contributed by atoms with Gasteiger partial charge >= 0.3 is 0 Å². The van der Waals surface area contributed by atoms with E-state index in [1.165, 1.54) is 21.7 Å². The minimum Gasteiger partial charge on any atom is -0.378 e. The van der Waals surface area contributed by atoms with Crippen LogP contribution in [0.1, 0.15) is 36.1 Å². The molecule has 0 heterocycles. The molecule has 0 aliphatic rings. The molecule has 2 atom stereocenters. The number of amides is 1. The lowest BCUT2D eigenvalue weighted by atomic mass is 10.0. The Balaban J connectivity index is 2.09. The maximum Gasteiger partial charge on any atom is 0.282 e. The number of benzene rings is 2. The fraction of sp³-hybridized carbons (Fsp3) is 0.435. The van der Waals surface area contributed by atoms with Gasteiger partial charge in [-0.3, -0.25) is 4.79 Å². The molecule has 0 saturated carbocycles. The lowest BCUT2D eigenvalue weighted by Crippen LogP contribution is -3.15. The summed E-state index contributed by atoms with van der Waals surface area (Å²) in [4.78, 5) is 16.2. The van der Waals surface area contributed by atoms with Crippen molar-refractivity contribution < 1.29 is 9.69 Å². The van der Waals surface area contributed by atoms with E-state index in [0.29, 0.717) is 0 Å². The Kier molecular flexibility index (Phi) is 7.03. The molecule has 0 bridgehead atoms. The summed E-state index contributed by atoms with van der Waals surface area (Å²) in [6, 6.07) is 12.7. The van der Waals surface area contributed by atoms with Crippen LogP contribution < -0.4 is 15.1 Å². The van der Waals surface area contributed by atoms with Gasteiger partial charge < -0.3 is 15.1 Å². The first kappa shape index (κ1) is 21.0. The maximum absolute atomic E-state index is 12.9. The molecule has 0 aliphatic carbocycles. The van der Waals surface area contributed by atoms with Crippen LogP contribution in [0.3, 0.4) is 0 Å². The third-order valence-corrected chi connectivity index (χ3v) is 5.27. The Bertz CT molecular complexity index is 758. The number of carbonyl (C=O) groups is 1. The molecule has 4 heteroatoms. The summed E-state index contributed by atoms with van der Waals surface area (Å²) in [5.41, 5.74) is 6.84. The molecule has 2 N–H and O–H groups in total. The average molecular weight is 369 g/mol. The summed E-state index contributed by atoms with van der Waals surface area (Å²) in [5.74, 6) is 0.0758. The van der Waals surface area contributed by atoms with Gasteiger partial charge in [0.25, 0.3) is 5.91 Å². The highest BCUT2D eigenvalue weighted by molar-refractivity contribution is 5.95. The summed E-state index contributed by atoms with van der Waals surface area (Å²) in [6.07, 6.45) is 0. The van der Waals surface area contributed by atoms with Crippen LogP contribution in [0.5, 0.6) is 0 Å². The van der Waals surface area contributed by atoms with Crippen molar-refractivity contribution in [2.24, 2.45) is 0 Å². The lowest BCUT2D eigenvalue weighted by Gasteiger charge is -2.25. The van der Waals surface area contributed by atoms with Gasteiger partial charge in [-0.25, -0.2) is 0 Å². The topological polar surface area (TPSA) is 36.8 Å². The number of aryl methyl sites for hydroxylation is 3. The summed E-state index contributed by atoms with van der Waals surface area (Å²) < 4.78 is 0. The van der Waals surface area contributed by atoms with E-state index in [1.807, 2.05) is 21.0 Å². The first-order valence-electron chi connectivity index (χ1n) is 9.72. The van der Waals surface area contributed by atoms with Crippen molar-refractivity contribution in [1.29, 1.82) is 0 Å². The monoisotopic (exact) mass is 368 g/mol. The number of quaternary nitrogens is 1. The summed E-state index contributed by atoms with van der Waals surface area (Å²) >= 11 is 0. The summed E-state index contributed by atoms with van der Waals surface area (Å²) in [6.45, 7) is 12.1. The number of rotatable bonds is 7. The van der Waals surface area contributed by atoms with Gasteiger partial charge in [0, 0.05) is 31.0 Å². The van der Waals surface area contributed by atoms with Gasteiger partial charge in [-0.1, -0.05) is 29.8 Å². The number of anilines is 2. The second-order valence-electron chi connectivity index (χ2n) is 7.73. The van der Waals surface area contributed by atoms with Crippen LogP contribution in [0.15, 0.2) is 36.4 Å². The van der Waals surface area contributed by atoms with E-state index < -0.39 is 0 Å². The molecule has 1 unspecified atom stereocenters. The quantitative estimate of drug-likeness (QED) is 0.788. The molecular weight excluding hydrogens is 334 g/mol. The number of likely N-dealkylation sites (N-methyl/N-ethyl adjacent to an activating group) is 1. The highest BCUT2D eigenvalue weighted by Gasteiger charge is 2.25. The second kappa shape index (κ2) is 9.05. The molecule has 2 aromatic rings. The predicted molar refractivity (Wildman–Crippen MR) is 115 cm³/mol. The molecule has 2 aromatic carbocycles. The highest BCUT2D eigenvalue weighted by atomic mass is 16.2. The Hall–Kier alpha value is -2.33. The molecule has 0 fully saturated rings. The molecule has 0 radical (unpaired) electrons. The molecule has 4 nitrogen and oxygen atoms in total. The van der Waals surface area contributed by atoms with Crippen molar-refractivity contribution in [2.45, 2.75) is 47.2 Å². The molecule has 0 saturated heterocycles. The van der Waals surface area contributed by atoms with Gasteiger partial charge in [0.15, 0.2) is 6.04 Å². The van der Waals surface area contributed by atoms with E-state index in [0.717, 1.165) is 29.9 Å². The van der Waals surface area contributed by atoms with Gasteiger partial charge in [-0.2, -0.15) is 0 Å². The molecule has 0 spiro atoms. The molecule has 2 rings (SSSR count). The number of nitrogens with zero attached hydrogens (tertiary/aromatic N) is 1. The smallest absolute Gasteiger partial charge is 0.282 e. The van der Waals surface area contributed by atoms with E-state index in [4.69, 9.17) is 0 Å². The zero-order valence-electron chi connectivity index (χ0n) is 17.8. The van der Waals surface area contributed by atoms with Crippen molar-refractivity contribution in [3.8, 4) is 0 Å². The lowest BCUT2D eigenvalue weighted by molar-refractivity contribution is -0.925. The van der Waals surface area contributed by atoms with Gasteiger partial charge in [-0.05, 0) is 57.9 Å². The number of nitrogens with one attached hydrogen (secondary N) is 2. The van der Waals surface area contributed by atoms with Crippen molar-refractivity contribution in [1.82, 2.24) is 0 Å². The van der Waals surface area contributed by atoms with Crippen molar-refractivity contribution in [3.63, 3.8) is 0 Å². The van der Waals surface area contributed by atoms with Crippen LogP contribution >= 0.6 is 0 Å². The minimum absolute atomic E-state index is 0.0758. The summed E-state index contributed by atoms with van der Waals surface area (Å²) in [7, 11) is 4.08. The molecule has 0 aromatic heterocycles. The zero-order chi connectivity index (χ0) is 20.1. The SMILES string of the molecule is CC[NH+](Cc1ccc(N(C)C)cc1)[C@@H](C)C(=O)Nc1c(C)cc(C)cc1C. The Morgan fingerprint density at radius 1 is 1.07 bits per heavy atom. The van der Waals surface area contributed by atoms with E-state index in [9.17, 15) is 4.79 Å². The van der Waals surface area contributed by atoms with Crippen molar-refractivity contribution in [2.75, 3.05) is 30.9 Å². The van der Waals surface area contributed by atoms with Gasteiger partial charge in [0.2, 0.25) is 0 Å². The average Bonchev–Trinajstić information content (AvgIpc) is 2.62. The first-order chi connectivity index (χ1) is 12.7. The minimum atomic E-state index is -0.122. The normalized spacial score (nSPS) is 13.1. The highest BCUT2D eigenvalue weighted by Crippen LogP contribution is 2.22. The fourth-order valence-corrected chi connectivity index (χ4v) is 3.55. The number of hydrogen-bond donors (Lipinski definition) is 2. The number of hydrogen-bond acceptors (Lipinski definition) is 2. The van der Waals surface area contributed by atoms with Gasteiger partial charge in [0.1, 0.15) is 6.54 Å². The van der Waals surface area contributed by atoms with Crippen molar-refractivity contribution in [3.05, 3.63) is 58.7 Å². The number of carbonyl (C=O) groups excluding carboxylic acids is 1. The van der Waals surface area contributed by atoms with Crippen LogP contribution in [0.4, 0.5) is 11.4 Å². The van der Waals surface area contributed by atoms with E-state index in [1.54, 1.807) is 0 Å². The molecule has 1 amide bonds. The van der Waals surface area contributed by atoms with Crippen LogP contribution in [-0.2, 0) is 11.3 Å². The molecule has 0 aliphatic heterocycles. The standard InChI is InChI=1S/C23H33N3O/c1-8-26(15-20-9-11-21(12-10-20)25(6)7)19(5)23(27)24-22-17(3)13-16(2)14-18(22)4/h9-14,19H,8,15H2,1-7H3,(H,24,27)/p+1/t19-/m0/s1. The predicted octanol–water partition coefficient (Wildman–Crippen LogP) is 3.11. The summed E-state index contributed by atoms with van der Waals surface area (Å²) in [5, 5.41) is 3.16. The Morgan fingerprint density at radius 2 is 1.63 bits per heavy atom. The molecule has 27 heavy (non-hydrogen) atoms.